The monoisotopic (exact) mass is 284 g/mol. The van der Waals surface area contributed by atoms with Gasteiger partial charge in [0.25, 0.3) is 0 Å². The zero-order valence-corrected chi connectivity index (χ0v) is 11.7. The summed E-state index contributed by atoms with van der Waals surface area (Å²) in [6, 6.07) is 6.48. The summed E-state index contributed by atoms with van der Waals surface area (Å²) < 4.78 is 26.9. The molecule has 0 aliphatic heterocycles. The molecule has 0 amide bonds. The van der Waals surface area contributed by atoms with E-state index in [1.54, 1.807) is 18.2 Å². The van der Waals surface area contributed by atoms with E-state index in [9.17, 15) is 8.42 Å². The minimum absolute atomic E-state index is 0.0773. The van der Waals surface area contributed by atoms with Crippen molar-refractivity contribution in [3.63, 3.8) is 0 Å². The molecule has 3 N–H and O–H groups in total. The number of thiocarbonyl (C=S) groups is 1. The molecule has 18 heavy (non-hydrogen) atoms. The van der Waals surface area contributed by atoms with Gasteiger partial charge >= 0.3 is 0 Å². The lowest BCUT2D eigenvalue weighted by Gasteiger charge is -2.07. The van der Waals surface area contributed by atoms with Gasteiger partial charge in [-0.15, -0.1) is 0 Å². The highest BCUT2D eigenvalue weighted by molar-refractivity contribution is 7.89. The SMILES string of the molecule is CCC1CC1NS(=O)(=O)c1cccc(C(N)=S)c1. The number of sulfonamides is 1. The molecule has 2 unspecified atom stereocenters. The predicted molar refractivity (Wildman–Crippen MR) is 74.8 cm³/mol. The van der Waals surface area contributed by atoms with Crippen LogP contribution < -0.4 is 10.5 Å². The lowest BCUT2D eigenvalue weighted by atomic mass is 10.2. The standard InChI is InChI=1S/C12H16N2O2S2/c1-2-8-7-11(8)14-18(15,16)10-5-3-4-9(6-10)12(13)17/h3-6,8,11,14H,2,7H2,1H3,(H2,13,17). The smallest absolute Gasteiger partial charge is 0.240 e. The molecule has 0 bridgehead atoms. The van der Waals surface area contributed by atoms with Gasteiger partial charge in [0, 0.05) is 11.6 Å². The van der Waals surface area contributed by atoms with E-state index in [0.29, 0.717) is 11.5 Å². The number of rotatable bonds is 5. The molecule has 2 atom stereocenters. The van der Waals surface area contributed by atoms with Gasteiger partial charge < -0.3 is 5.73 Å². The van der Waals surface area contributed by atoms with Crippen molar-refractivity contribution in [2.24, 2.45) is 11.7 Å². The lowest BCUT2D eigenvalue weighted by molar-refractivity contribution is 0.576. The Morgan fingerprint density at radius 3 is 2.83 bits per heavy atom. The van der Waals surface area contributed by atoms with Gasteiger partial charge in [0.15, 0.2) is 0 Å². The molecule has 6 heteroatoms. The van der Waals surface area contributed by atoms with Crippen molar-refractivity contribution < 1.29 is 8.42 Å². The maximum Gasteiger partial charge on any atom is 0.240 e. The highest BCUT2D eigenvalue weighted by atomic mass is 32.2. The Balaban J connectivity index is 2.19. The topological polar surface area (TPSA) is 72.2 Å². The van der Waals surface area contributed by atoms with Crippen LogP contribution in [0.4, 0.5) is 0 Å². The number of nitrogens with two attached hydrogens (primary N) is 1. The average molecular weight is 284 g/mol. The molecule has 0 saturated heterocycles. The van der Waals surface area contributed by atoms with Gasteiger partial charge in [0.1, 0.15) is 4.99 Å². The first-order valence-electron chi connectivity index (χ1n) is 5.86. The minimum Gasteiger partial charge on any atom is -0.389 e. The van der Waals surface area contributed by atoms with E-state index < -0.39 is 10.0 Å². The van der Waals surface area contributed by atoms with E-state index in [2.05, 4.69) is 11.6 Å². The Morgan fingerprint density at radius 1 is 1.56 bits per heavy atom. The Labute approximate surface area is 113 Å². The van der Waals surface area contributed by atoms with Gasteiger partial charge in [-0.25, -0.2) is 13.1 Å². The van der Waals surface area contributed by atoms with Crippen molar-refractivity contribution in [2.45, 2.75) is 30.7 Å². The maximum absolute atomic E-state index is 12.1. The van der Waals surface area contributed by atoms with Crippen molar-refractivity contribution in [3.05, 3.63) is 29.8 Å². The summed E-state index contributed by atoms with van der Waals surface area (Å²) in [7, 11) is -3.46. The van der Waals surface area contributed by atoms with Crippen molar-refractivity contribution in [3.8, 4) is 0 Å². The highest BCUT2D eigenvalue weighted by Crippen LogP contribution is 2.34. The van der Waals surface area contributed by atoms with Crippen LogP contribution in [-0.2, 0) is 10.0 Å². The van der Waals surface area contributed by atoms with Crippen LogP contribution in [0.2, 0.25) is 0 Å². The molecule has 0 aromatic heterocycles. The Bertz CT molecular complexity index is 569. The van der Waals surface area contributed by atoms with Crippen LogP contribution in [0.15, 0.2) is 29.2 Å². The van der Waals surface area contributed by atoms with E-state index in [1.807, 2.05) is 0 Å². The molecule has 0 radical (unpaired) electrons. The van der Waals surface area contributed by atoms with E-state index in [0.717, 1.165) is 12.8 Å². The fraction of sp³-hybridized carbons (Fsp3) is 0.417. The maximum atomic E-state index is 12.1. The molecule has 1 aromatic carbocycles. The van der Waals surface area contributed by atoms with Crippen molar-refractivity contribution in [1.29, 1.82) is 0 Å². The van der Waals surface area contributed by atoms with E-state index >= 15 is 0 Å². The third-order valence-electron chi connectivity index (χ3n) is 3.18. The average Bonchev–Trinajstić information content (AvgIpc) is 3.07. The van der Waals surface area contributed by atoms with E-state index in [4.69, 9.17) is 18.0 Å². The zero-order chi connectivity index (χ0) is 13.3. The normalized spacial score (nSPS) is 22.7. The summed E-state index contributed by atoms with van der Waals surface area (Å²) in [4.78, 5) is 0.416. The Morgan fingerprint density at radius 2 is 2.28 bits per heavy atom. The van der Waals surface area contributed by atoms with Crippen LogP contribution in [-0.4, -0.2) is 19.4 Å². The van der Waals surface area contributed by atoms with Gasteiger partial charge in [-0.1, -0.05) is 37.7 Å². The lowest BCUT2D eigenvalue weighted by Crippen LogP contribution is -2.27. The summed E-state index contributed by atoms with van der Waals surface area (Å²) in [6.07, 6.45) is 1.92. The largest absolute Gasteiger partial charge is 0.389 e. The third kappa shape index (κ3) is 2.88. The van der Waals surface area contributed by atoms with Crippen molar-refractivity contribution in [2.75, 3.05) is 0 Å². The van der Waals surface area contributed by atoms with Gasteiger partial charge in [0.2, 0.25) is 10.0 Å². The molecule has 2 rings (SSSR count). The summed E-state index contributed by atoms with van der Waals surface area (Å²) in [5.74, 6) is 0.471. The van der Waals surface area contributed by atoms with E-state index in [1.165, 1.54) is 6.07 Å². The molecule has 1 aliphatic rings. The second kappa shape index (κ2) is 4.95. The second-order valence-corrected chi connectivity index (χ2v) is 6.68. The van der Waals surface area contributed by atoms with Gasteiger partial charge in [0.05, 0.1) is 4.90 Å². The molecule has 4 nitrogen and oxygen atoms in total. The molecule has 0 spiro atoms. The fourth-order valence-corrected chi connectivity index (χ4v) is 3.42. The van der Waals surface area contributed by atoms with Crippen LogP contribution in [0.5, 0.6) is 0 Å². The summed E-state index contributed by atoms with van der Waals surface area (Å²) in [5, 5.41) is 0. The molecular weight excluding hydrogens is 268 g/mol. The molecule has 1 saturated carbocycles. The third-order valence-corrected chi connectivity index (χ3v) is 4.91. The molecule has 1 aromatic rings. The summed E-state index contributed by atoms with van der Waals surface area (Å²) in [6.45, 7) is 2.06. The number of benzene rings is 1. The van der Waals surface area contributed by atoms with Gasteiger partial charge in [-0.05, 0) is 24.5 Å². The minimum atomic E-state index is -3.46. The number of nitrogens with one attached hydrogen (secondary N) is 1. The number of hydrogen-bond acceptors (Lipinski definition) is 3. The van der Waals surface area contributed by atoms with E-state index in [-0.39, 0.29) is 15.9 Å². The summed E-state index contributed by atoms with van der Waals surface area (Å²) in [5.41, 5.74) is 6.06. The second-order valence-electron chi connectivity index (χ2n) is 4.52. The first kappa shape index (κ1) is 13.5. The van der Waals surface area contributed by atoms with Crippen LogP contribution >= 0.6 is 12.2 Å². The van der Waals surface area contributed by atoms with Gasteiger partial charge in [-0.3, -0.25) is 0 Å². The highest BCUT2D eigenvalue weighted by Gasteiger charge is 2.38. The van der Waals surface area contributed by atoms with Crippen molar-refractivity contribution >= 4 is 27.2 Å². The molecule has 1 fully saturated rings. The molecule has 1 aliphatic carbocycles. The summed E-state index contributed by atoms with van der Waals surface area (Å²) >= 11 is 4.84. The molecule has 98 valence electrons. The fourth-order valence-electron chi connectivity index (χ4n) is 1.93. The van der Waals surface area contributed by atoms with Crippen LogP contribution in [0, 0.1) is 5.92 Å². The molecule has 0 heterocycles. The Hall–Kier alpha value is -0.980. The first-order chi connectivity index (χ1) is 8.44. The quantitative estimate of drug-likeness (QED) is 0.802. The zero-order valence-electron chi connectivity index (χ0n) is 10.1. The van der Waals surface area contributed by atoms with Crippen LogP contribution in [0.25, 0.3) is 0 Å². The molecular formula is C12H16N2O2S2. The number of hydrogen-bond donors (Lipinski definition) is 2. The predicted octanol–water partition coefficient (Wildman–Crippen LogP) is 1.40. The first-order valence-corrected chi connectivity index (χ1v) is 7.75. The Kier molecular flexibility index (Phi) is 3.70. The van der Waals surface area contributed by atoms with Crippen molar-refractivity contribution in [1.82, 2.24) is 4.72 Å². The van der Waals surface area contributed by atoms with Crippen LogP contribution in [0.1, 0.15) is 25.3 Å². The van der Waals surface area contributed by atoms with Crippen LogP contribution in [0.3, 0.4) is 0 Å². The van der Waals surface area contributed by atoms with Gasteiger partial charge in [-0.2, -0.15) is 0 Å².